The van der Waals surface area contributed by atoms with Crippen LogP contribution in [0.4, 0.5) is 0 Å². The fourth-order valence-corrected chi connectivity index (χ4v) is 2.07. The standard InChI is InChI=1S/C14H10N2O2/c15-9-5-7-16(8-6-9)12-13(17)10-3-1-2-4-11(10)14(12)18/h1-8,15,17H. The highest BCUT2D eigenvalue weighted by atomic mass is 16.3. The Morgan fingerprint density at radius 2 is 1.61 bits per heavy atom. The van der Waals surface area contributed by atoms with Gasteiger partial charge in [0.1, 0.15) is 5.70 Å². The minimum Gasteiger partial charge on any atom is -0.505 e. The zero-order chi connectivity index (χ0) is 12.7. The molecule has 0 unspecified atom stereocenters. The minimum atomic E-state index is -0.203. The second-order valence-corrected chi connectivity index (χ2v) is 4.07. The van der Waals surface area contributed by atoms with Crippen LogP contribution in [0.2, 0.25) is 0 Å². The number of fused-ring (bicyclic) bond motifs is 1. The number of carbonyl (C=O) groups excluding carboxylic acids is 1. The van der Waals surface area contributed by atoms with E-state index in [0.717, 1.165) is 0 Å². The molecule has 0 aliphatic heterocycles. The van der Waals surface area contributed by atoms with E-state index in [1.54, 1.807) is 48.8 Å². The molecule has 1 aromatic carbocycles. The lowest BCUT2D eigenvalue weighted by Crippen LogP contribution is -2.08. The van der Waals surface area contributed by atoms with Gasteiger partial charge < -0.3 is 15.1 Å². The number of nitrogens with one attached hydrogen (secondary N) is 1. The summed E-state index contributed by atoms with van der Waals surface area (Å²) in [6, 6.07) is 10.1. The topological polar surface area (TPSA) is 66.1 Å². The summed E-state index contributed by atoms with van der Waals surface area (Å²) in [6.45, 7) is 0. The van der Waals surface area contributed by atoms with E-state index in [4.69, 9.17) is 5.41 Å². The normalized spacial score (nSPS) is 13.9. The van der Waals surface area contributed by atoms with Gasteiger partial charge >= 0.3 is 0 Å². The summed E-state index contributed by atoms with van der Waals surface area (Å²) in [7, 11) is 0. The van der Waals surface area contributed by atoms with Crippen molar-refractivity contribution in [2.24, 2.45) is 0 Å². The van der Waals surface area contributed by atoms with E-state index < -0.39 is 0 Å². The second kappa shape index (κ2) is 3.70. The van der Waals surface area contributed by atoms with Gasteiger partial charge in [0, 0.05) is 23.5 Å². The highest BCUT2D eigenvalue weighted by Gasteiger charge is 2.29. The summed E-state index contributed by atoms with van der Waals surface area (Å²) >= 11 is 0. The summed E-state index contributed by atoms with van der Waals surface area (Å²) < 4.78 is 1.54. The first-order valence-electron chi connectivity index (χ1n) is 5.49. The number of hydrogen-bond donors (Lipinski definition) is 2. The maximum Gasteiger partial charge on any atom is 0.214 e. The highest BCUT2D eigenvalue weighted by Crippen LogP contribution is 2.32. The molecule has 0 amide bonds. The summed E-state index contributed by atoms with van der Waals surface area (Å²) in [4.78, 5) is 12.2. The molecular formula is C14H10N2O2. The molecule has 18 heavy (non-hydrogen) atoms. The minimum absolute atomic E-state index is 0.0154. The molecule has 1 aliphatic rings. The van der Waals surface area contributed by atoms with Gasteiger partial charge in [-0.1, -0.05) is 24.3 Å². The van der Waals surface area contributed by atoms with Crippen molar-refractivity contribution in [3.8, 4) is 0 Å². The molecule has 88 valence electrons. The number of pyridine rings is 1. The fraction of sp³-hybridized carbons (Fsp3) is 0. The average molecular weight is 238 g/mol. The predicted octanol–water partition coefficient (Wildman–Crippen LogP) is 2.05. The summed E-state index contributed by atoms with van der Waals surface area (Å²) in [5.41, 5.74) is 1.30. The second-order valence-electron chi connectivity index (χ2n) is 4.07. The van der Waals surface area contributed by atoms with Gasteiger partial charge in [0.05, 0.1) is 5.36 Å². The molecule has 0 spiro atoms. The van der Waals surface area contributed by atoms with Crippen LogP contribution in [0.5, 0.6) is 0 Å². The molecule has 1 heterocycles. The molecule has 0 saturated carbocycles. The molecular weight excluding hydrogens is 228 g/mol. The van der Waals surface area contributed by atoms with Crippen molar-refractivity contribution >= 4 is 17.2 Å². The third kappa shape index (κ3) is 1.39. The smallest absolute Gasteiger partial charge is 0.214 e. The quantitative estimate of drug-likeness (QED) is 0.798. The first-order chi connectivity index (χ1) is 8.68. The van der Waals surface area contributed by atoms with Gasteiger partial charge in [0.15, 0.2) is 5.76 Å². The molecule has 0 saturated heterocycles. The maximum atomic E-state index is 12.2. The highest BCUT2D eigenvalue weighted by molar-refractivity contribution is 6.34. The van der Waals surface area contributed by atoms with E-state index in [2.05, 4.69) is 0 Å². The predicted molar refractivity (Wildman–Crippen MR) is 66.8 cm³/mol. The molecule has 0 atom stereocenters. The molecule has 1 aliphatic carbocycles. The molecule has 2 aromatic rings. The number of aliphatic hydroxyl groups is 1. The van der Waals surface area contributed by atoms with Crippen LogP contribution < -0.4 is 5.36 Å². The van der Waals surface area contributed by atoms with Gasteiger partial charge in [-0.3, -0.25) is 4.79 Å². The number of rotatable bonds is 1. The number of nitrogens with zero attached hydrogens (tertiary/aromatic N) is 1. The van der Waals surface area contributed by atoms with Crippen LogP contribution in [0.15, 0.2) is 48.8 Å². The number of carbonyl (C=O) groups is 1. The Labute approximate surface area is 103 Å². The van der Waals surface area contributed by atoms with Crippen LogP contribution in [-0.2, 0) is 0 Å². The third-order valence-electron chi connectivity index (χ3n) is 2.95. The molecule has 0 bridgehead atoms. The molecule has 4 nitrogen and oxygen atoms in total. The Bertz CT molecular complexity index is 721. The maximum absolute atomic E-state index is 12.2. The average Bonchev–Trinajstić information content (AvgIpc) is 2.64. The molecule has 0 fully saturated rings. The van der Waals surface area contributed by atoms with E-state index in [-0.39, 0.29) is 17.2 Å². The molecule has 0 radical (unpaired) electrons. The number of benzene rings is 1. The Morgan fingerprint density at radius 1 is 1.00 bits per heavy atom. The van der Waals surface area contributed by atoms with Crippen molar-refractivity contribution in [1.82, 2.24) is 4.57 Å². The van der Waals surface area contributed by atoms with Gasteiger partial charge in [-0.05, 0) is 12.1 Å². The number of Topliss-reactive ketones (excluding diaryl/α,β-unsaturated/α-hetero) is 1. The van der Waals surface area contributed by atoms with Crippen molar-refractivity contribution in [2.45, 2.75) is 0 Å². The lowest BCUT2D eigenvalue weighted by atomic mass is 10.1. The van der Waals surface area contributed by atoms with Crippen molar-refractivity contribution in [3.63, 3.8) is 0 Å². The van der Waals surface area contributed by atoms with Crippen molar-refractivity contribution in [2.75, 3.05) is 0 Å². The molecule has 1 aromatic heterocycles. The van der Waals surface area contributed by atoms with Crippen LogP contribution in [0.3, 0.4) is 0 Å². The summed E-state index contributed by atoms with van der Waals surface area (Å²) in [5, 5.41) is 17.9. The fourth-order valence-electron chi connectivity index (χ4n) is 2.07. The van der Waals surface area contributed by atoms with Crippen molar-refractivity contribution in [1.29, 1.82) is 5.41 Å². The Balaban J connectivity index is 2.21. The number of hydrogen-bond acceptors (Lipinski definition) is 3. The number of allylic oxidation sites excluding steroid dienone is 1. The Morgan fingerprint density at radius 3 is 2.22 bits per heavy atom. The lowest BCUT2D eigenvalue weighted by molar-refractivity contribution is 0.105. The molecule has 3 rings (SSSR count). The zero-order valence-corrected chi connectivity index (χ0v) is 9.42. The number of ketones is 1. The SMILES string of the molecule is N=c1ccn(C2=C(O)c3ccccc3C2=O)cc1. The first kappa shape index (κ1) is 10.5. The summed E-state index contributed by atoms with van der Waals surface area (Å²) in [6.07, 6.45) is 3.19. The van der Waals surface area contributed by atoms with E-state index in [9.17, 15) is 9.90 Å². The van der Waals surface area contributed by atoms with E-state index in [1.807, 2.05) is 0 Å². The van der Waals surface area contributed by atoms with Crippen LogP contribution in [0.1, 0.15) is 15.9 Å². The molecule has 4 heteroatoms. The summed E-state index contributed by atoms with van der Waals surface area (Å²) in [5.74, 6) is -0.218. The van der Waals surface area contributed by atoms with E-state index in [1.165, 1.54) is 4.57 Å². The van der Waals surface area contributed by atoms with Gasteiger partial charge in [-0.2, -0.15) is 0 Å². The van der Waals surface area contributed by atoms with Crippen LogP contribution in [-0.4, -0.2) is 15.5 Å². The molecule has 2 N–H and O–H groups in total. The van der Waals surface area contributed by atoms with E-state index in [0.29, 0.717) is 16.5 Å². The van der Waals surface area contributed by atoms with Crippen LogP contribution in [0.25, 0.3) is 11.5 Å². The lowest BCUT2D eigenvalue weighted by Gasteiger charge is -2.05. The Hall–Kier alpha value is -2.62. The number of aromatic nitrogens is 1. The van der Waals surface area contributed by atoms with Crippen LogP contribution >= 0.6 is 0 Å². The first-order valence-corrected chi connectivity index (χ1v) is 5.49. The third-order valence-corrected chi connectivity index (χ3v) is 2.95. The van der Waals surface area contributed by atoms with Gasteiger partial charge in [0.25, 0.3) is 0 Å². The van der Waals surface area contributed by atoms with Crippen molar-refractivity contribution < 1.29 is 9.90 Å². The van der Waals surface area contributed by atoms with Gasteiger partial charge in [0.2, 0.25) is 5.78 Å². The van der Waals surface area contributed by atoms with E-state index >= 15 is 0 Å². The number of aliphatic hydroxyl groups excluding tert-OH is 1. The van der Waals surface area contributed by atoms with Crippen LogP contribution in [0, 0.1) is 5.41 Å². The van der Waals surface area contributed by atoms with Gasteiger partial charge in [-0.25, -0.2) is 0 Å². The van der Waals surface area contributed by atoms with Gasteiger partial charge in [-0.15, -0.1) is 0 Å². The Kier molecular flexibility index (Phi) is 2.16. The largest absolute Gasteiger partial charge is 0.505 e. The zero-order valence-electron chi connectivity index (χ0n) is 9.42. The monoisotopic (exact) mass is 238 g/mol. The van der Waals surface area contributed by atoms with Crippen molar-refractivity contribution in [3.05, 3.63) is 65.3 Å².